The molecule has 1 saturated heterocycles. The first-order chi connectivity index (χ1) is 8.15. The molecule has 0 radical (unpaired) electrons. The second kappa shape index (κ2) is 6.61. The van der Waals surface area contributed by atoms with Crippen molar-refractivity contribution in [2.45, 2.75) is 52.1 Å². The van der Waals surface area contributed by atoms with Crippen molar-refractivity contribution in [2.24, 2.45) is 0 Å². The zero-order valence-corrected chi connectivity index (χ0v) is 11.1. The van der Waals surface area contributed by atoms with Gasteiger partial charge in [0, 0.05) is 19.6 Å². The Morgan fingerprint density at radius 2 is 2.12 bits per heavy atom. The lowest BCUT2D eigenvalue weighted by atomic mass is 10.0. The van der Waals surface area contributed by atoms with E-state index in [0.717, 1.165) is 38.9 Å². The summed E-state index contributed by atoms with van der Waals surface area (Å²) in [5.74, 6) is 0.150. The Bertz CT molecular complexity index is 294. The molecule has 1 fully saturated rings. The summed E-state index contributed by atoms with van der Waals surface area (Å²) in [5, 5.41) is 9.13. The fourth-order valence-electron chi connectivity index (χ4n) is 2.50. The van der Waals surface area contributed by atoms with Crippen LogP contribution in [0.3, 0.4) is 0 Å². The first-order valence-corrected chi connectivity index (χ1v) is 6.59. The number of likely N-dealkylation sites (tertiary alicyclic amines) is 1. The van der Waals surface area contributed by atoms with Crippen molar-refractivity contribution in [3.05, 3.63) is 0 Å². The van der Waals surface area contributed by atoms with Crippen molar-refractivity contribution < 1.29 is 4.79 Å². The quantitative estimate of drug-likeness (QED) is 0.746. The number of rotatable bonds is 4. The van der Waals surface area contributed by atoms with Gasteiger partial charge in [0.1, 0.15) is 0 Å². The third kappa shape index (κ3) is 3.19. The van der Waals surface area contributed by atoms with E-state index in [2.05, 4.69) is 11.0 Å². The predicted molar refractivity (Wildman–Crippen MR) is 67.3 cm³/mol. The molecule has 0 aromatic rings. The van der Waals surface area contributed by atoms with Gasteiger partial charge in [-0.3, -0.25) is 9.69 Å². The van der Waals surface area contributed by atoms with E-state index in [1.54, 1.807) is 0 Å². The topological polar surface area (TPSA) is 47.3 Å². The molecule has 0 N–H and O–H groups in total. The van der Waals surface area contributed by atoms with Gasteiger partial charge in [0.15, 0.2) is 0 Å². The van der Waals surface area contributed by atoms with E-state index in [1.807, 2.05) is 25.7 Å². The standard InChI is InChI=1S/C13H23N3O/c1-4-15(5-2)13(17)11(3)16-9-7-6-8-12(16)10-14/h11-12H,4-9H2,1-3H3. The number of hydrogen-bond donors (Lipinski definition) is 0. The highest BCUT2D eigenvalue weighted by Gasteiger charge is 2.31. The molecule has 1 rings (SSSR count). The molecule has 0 bridgehead atoms. The molecular weight excluding hydrogens is 214 g/mol. The maximum Gasteiger partial charge on any atom is 0.239 e. The summed E-state index contributed by atoms with van der Waals surface area (Å²) in [5.41, 5.74) is 0. The Hall–Kier alpha value is -1.08. The maximum atomic E-state index is 12.2. The molecule has 0 aliphatic carbocycles. The molecule has 96 valence electrons. The van der Waals surface area contributed by atoms with E-state index in [9.17, 15) is 4.79 Å². The van der Waals surface area contributed by atoms with Crippen LogP contribution in [0, 0.1) is 11.3 Å². The van der Waals surface area contributed by atoms with E-state index in [-0.39, 0.29) is 18.0 Å². The van der Waals surface area contributed by atoms with Gasteiger partial charge in [0.2, 0.25) is 5.91 Å². The van der Waals surface area contributed by atoms with E-state index in [4.69, 9.17) is 5.26 Å². The van der Waals surface area contributed by atoms with E-state index in [0.29, 0.717) is 0 Å². The average Bonchev–Trinajstić information content (AvgIpc) is 2.39. The highest BCUT2D eigenvalue weighted by atomic mass is 16.2. The van der Waals surface area contributed by atoms with Crippen LogP contribution in [0.1, 0.15) is 40.0 Å². The smallest absolute Gasteiger partial charge is 0.239 e. The van der Waals surface area contributed by atoms with Crippen LogP contribution in [0.2, 0.25) is 0 Å². The minimum atomic E-state index is -0.167. The minimum absolute atomic E-state index is 0.0849. The van der Waals surface area contributed by atoms with Crippen LogP contribution >= 0.6 is 0 Å². The normalized spacial score (nSPS) is 22.8. The van der Waals surface area contributed by atoms with Crippen LogP contribution in [0.25, 0.3) is 0 Å². The molecule has 4 nitrogen and oxygen atoms in total. The van der Waals surface area contributed by atoms with Crippen LogP contribution in [-0.4, -0.2) is 47.4 Å². The van der Waals surface area contributed by atoms with Gasteiger partial charge in [-0.05, 0) is 40.0 Å². The van der Waals surface area contributed by atoms with Crippen molar-refractivity contribution in [3.8, 4) is 6.07 Å². The summed E-state index contributed by atoms with van der Waals surface area (Å²) < 4.78 is 0. The minimum Gasteiger partial charge on any atom is -0.342 e. The third-order valence-corrected chi connectivity index (χ3v) is 3.62. The molecule has 0 aromatic heterocycles. The number of carbonyl (C=O) groups excluding carboxylic acids is 1. The van der Waals surface area contributed by atoms with Crippen LogP contribution < -0.4 is 0 Å². The summed E-state index contributed by atoms with van der Waals surface area (Å²) in [4.78, 5) is 16.1. The van der Waals surface area contributed by atoms with Gasteiger partial charge in [-0.15, -0.1) is 0 Å². The number of nitrogens with zero attached hydrogens (tertiary/aromatic N) is 3. The molecule has 2 atom stereocenters. The van der Waals surface area contributed by atoms with Crippen LogP contribution in [-0.2, 0) is 4.79 Å². The molecule has 1 aliphatic heterocycles. The van der Waals surface area contributed by atoms with E-state index >= 15 is 0 Å². The number of carbonyl (C=O) groups is 1. The summed E-state index contributed by atoms with van der Waals surface area (Å²) in [6.07, 6.45) is 3.08. The molecular formula is C13H23N3O. The SMILES string of the molecule is CCN(CC)C(=O)C(C)N1CCCCC1C#N. The van der Waals surface area contributed by atoms with Crippen LogP contribution in [0.15, 0.2) is 0 Å². The summed E-state index contributed by atoms with van der Waals surface area (Å²) in [6, 6.07) is 2.07. The van der Waals surface area contributed by atoms with Crippen LogP contribution in [0.5, 0.6) is 0 Å². The highest BCUT2D eigenvalue weighted by Crippen LogP contribution is 2.20. The fourth-order valence-corrected chi connectivity index (χ4v) is 2.50. The van der Waals surface area contributed by atoms with Crippen molar-refractivity contribution in [3.63, 3.8) is 0 Å². The maximum absolute atomic E-state index is 12.2. The first-order valence-electron chi connectivity index (χ1n) is 6.59. The molecule has 1 aliphatic rings. The van der Waals surface area contributed by atoms with Gasteiger partial charge in [0.05, 0.1) is 18.2 Å². The second-order valence-corrected chi connectivity index (χ2v) is 4.57. The number of hydrogen-bond acceptors (Lipinski definition) is 3. The first kappa shape index (κ1) is 14.0. The van der Waals surface area contributed by atoms with Gasteiger partial charge >= 0.3 is 0 Å². The third-order valence-electron chi connectivity index (χ3n) is 3.62. The molecule has 0 spiro atoms. The molecule has 17 heavy (non-hydrogen) atoms. The van der Waals surface area contributed by atoms with Gasteiger partial charge < -0.3 is 4.90 Å². The number of piperidine rings is 1. The Morgan fingerprint density at radius 1 is 1.47 bits per heavy atom. The zero-order valence-electron chi connectivity index (χ0n) is 11.1. The van der Waals surface area contributed by atoms with Gasteiger partial charge in [0.25, 0.3) is 0 Å². The summed E-state index contributed by atoms with van der Waals surface area (Å²) in [6.45, 7) is 8.26. The Balaban J connectivity index is 2.70. The lowest BCUT2D eigenvalue weighted by Gasteiger charge is -2.37. The Morgan fingerprint density at radius 3 is 2.65 bits per heavy atom. The summed E-state index contributed by atoms with van der Waals surface area (Å²) in [7, 11) is 0. The monoisotopic (exact) mass is 237 g/mol. The highest BCUT2D eigenvalue weighted by molar-refractivity contribution is 5.81. The lowest BCUT2D eigenvalue weighted by Crippen LogP contribution is -2.52. The fraction of sp³-hybridized carbons (Fsp3) is 0.846. The molecule has 1 heterocycles. The zero-order chi connectivity index (χ0) is 12.8. The number of nitriles is 1. The number of amides is 1. The second-order valence-electron chi connectivity index (χ2n) is 4.57. The molecule has 1 amide bonds. The summed E-state index contributed by atoms with van der Waals surface area (Å²) >= 11 is 0. The number of likely N-dealkylation sites (N-methyl/N-ethyl adjacent to an activating group) is 1. The van der Waals surface area contributed by atoms with Crippen molar-refractivity contribution in [1.82, 2.24) is 9.80 Å². The van der Waals surface area contributed by atoms with E-state index in [1.165, 1.54) is 0 Å². The van der Waals surface area contributed by atoms with Gasteiger partial charge in [-0.25, -0.2) is 0 Å². The molecule has 0 aromatic carbocycles. The Labute approximate surface area is 104 Å². The van der Waals surface area contributed by atoms with Crippen molar-refractivity contribution in [1.29, 1.82) is 5.26 Å². The van der Waals surface area contributed by atoms with Crippen molar-refractivity contribution in [2.75, 3.05) is 19.6 Å². The average molecular weight is 237 g/mol. The molecule has 0 saturated carbocycles. The lowest BCUT2D eigenvalue weighted by molar-refractivity contribution is -0.137. The predicted octanol–water partition coefficient (Wildman–Crippen LogP) is 1.62. The molecule has 2 unspecified atom stereocenters. The van der Waals surface area contributed by atoms with Crippen LogP contribution in [0.4, 0.5) is 0 Å². The molecule has 4 heteroatoms. The largest absolute Gasteiger partial charge is 0.342 e. The van der Waals surface area contributed by atoms with Gasteiger partial charge in [-0.2, -0.15) is 5.26 Å². The Kier molecular flexibility index (Phi) is 5.43. The van der Waals surface area contributed by atoms with Crippen molar-refractivity contribution >= 4 is 5.91 Å². The van der Waals surface area contributed by atoms with Gasteiger partial charge in [-0.1, -0.05) is 0 Å². The van der Waals surface area contributed by atoms with E-state index < -0.39 is 0 Å².